The summed E-state index contributed by atoms with van der Waals surface area (Å²) in [6, 6.07) is 5.24. The maximum absolute atomic E-state index is 12.2. The summed E-state index contributed by atoms with van der Waals surface area (Å²) in [5.74, 6) is 0. The van der Waals surface area contributed by atoms with E-state index >= 15 is 0 Å². The number of hydrogen-bond acceptors (Lipinski definition) is 3. The second-order valence-electron chi connectivity index (χ2n) is 4.90. The van der Waals surface area contributed by atoms with Gasteiger partial charge in [-0.3, -0.25) is 0 Å². The zero-order chi connectivity index (χ0) is 14.6. The smallest absolute Gasteiger partial charge is 0.241 e. The minimum atomic E-state index is -3.45. The van der Waals surface area contributed by atoms with Crippen LogP contribution >= 0.6 is 15.9 Å². The highest BCUT2D eigenvalue weighted by atomic mass is 79.9. The van der Waals surface area contributed by atoms with Crippen LogP contribution in [0.3, 0.4) is 0 Å². The van der Waals surface area contributed by atoms with Crippen molar-refractivity contribution in [3.8, 4) is 0 Å². The Bertz CT molecular complexity index is 612. The number of halogens is 1. The molecule has 1 heterocycles. The largest absolute Gasteiger partial charge is 0.313 e. The summed E-state index contributed by atoms with van der Waals surface area (Å²) in [6.07, 6.45) is 3.90. The number of rotatable bonds is 5. The molecule has 6 heteroatoms. The molecular formula is C14H19BrN2O2S. The molecule has 110 valence electrons. The third kappa shape index (κ3) is 4.15. The van der Waals surface area contributed by atoms with Crippen LogP contribution in [0.5, 0.6) is 0 Å². The first-order valence-electron chi connectivity index (χ1n) is 6.63. The predicted octanol–water partition coefficient (Wildman–Crippen LogP) is 2.35. The van der Waals surface area contributed by atoms with Crippen molar-refractivity contribution in [1.29, 1.82) is 0 Å². The Kier molecular flexibility index (Phi) is 5.37. The Morgan fingerprint density at radius 3 is 2.85 bits per heavy atom. The third-order valence-electron chi connectivity index (χ3n) is 3.27. The van der Waals surface area contributed by atoms with Gasteiger partial charge in [-0.1, -0.05) is 17.7 Å². The van der Waals surface area contributed by atoms with E-state index in [9.17, 15) is 8.42 Å². The Morgan fingerprint density at radius 1 is 1.40 bits per heavy atom. The number of nitrogens with one attached hydrogen (secondary N) is 2. The topological polar surface area (TPSA) is 58.2 Å². The number of hydrogen-bond donors (Lipinski definition) is 2. The van der Waals surface area contributed by atoms with Crippen molar-refractivity contribution in [2.45, 2.75) is 24.7 Å². The summed E-state index contributed by atoms with van der Waals surface area (Å²) in [6.45, 7) is 4.22. The molecular weight excluding hydrogens is 340 g/mol. The van der Waals surface area contributed by atoms with E-state index < -0.39 is 10.0 Å². The van der Waals surface area contributed by atoms with Crippen molar-refractivity contribution in [1.82, 2.24) is 10.0 Å². The lowest BCUT2D eigenvalue weighted by atomic mass is 10.1. The monoisotopic (exact) mass is 358 g/mol. The van der Waals surface area contributed by atoms with E-state index in [4.69, 9.17) is 0 Å². The average molecular weight is 359 g/mol. The van der Waals surface area contributed by atoms with Gasteiger partial charge in [0.05, 0.1) is 4.90 Å². The molecule has 1 aliphatic rings. The van der Waals surface area contributed by atoms with Gasteiger partial charge in [-0.15, -0.1) is 0 Å². The molecule has 2 N–H and O–H groups in total. The van der Waals surface area contributed by atoms with E-state index in [1.165, 1.54) is 5.57 Å². The van der Waals surface area contributed by atoms with Crippen LogP contribution in [-0.4, -0.2) is 28.1 Å². The first kappa shape index (κ1) is 15.7. The Labute approximate surface area is 128 Å². The van der Waals surface area contributed by atoms with Crippen molar-refractivity contribution in [2.75, 3.05) is 19.6 Å². The van der Waals surface area contributed by atoms with Gasteiger partial charge in [-0.2, -0.15) is 0 Å². The molecule has 2 rings (SSSR count). The van der Waals surface area contributed by atoms with E-state index in [-0.39, 0.29) is 0 Å². The quantitative estimate of drug-likeness (QED) is 0.794. The molecule has 1 aliphatic heterocycles. The zero-order valence-electron chi connectivity index (χ0n) is 11.4. The van der Waals surface area contributed by atoms with Crippen molar-refractivity contribution in [3.63, 3.8) is 0 Å². The fraction of sp³-hybridized carbons (Fsp3) is 0.429. The van der Waals surface area contributed by atoms with Gasteiger partial charge in [0.15, 0.2) is 0 Å². The van der Waals surface area contributed by atoms with Crippen LogP contribution in [0, 0.1) is 6.92 Å². The van der Waals surface area contributed by atoms with Crippen LogP contribution in [0.25, 0.3) is 0 Å². The highest BCUT2D eigenvalue weighted by Crippen LogP contribution is 2.23. The van der Waals surface area contributed by atoms with Crippen molar-refractivity contribution in [2.24, 2.45) is 0 Å². The van der Waals surface area contributed by atoms with Crippen molar-refractivity contribution >= 4 is 26.0 Å². The molecule has 0 bridgehead atoms. The standard InChI is InChI=1S/C14H19BrN2O2S/c1-11-2-3-14(13(15)10-11)20(18,19)17-9-6-12-4-7-16-8-5-12/h2-4,10,16-17H,5-9H2,1H3. The van der Waals surface area contributed by atoms with Crippen molar-refractivity contribution < 1.29 is 8.42 Å². The molecule has 1 aromatic carbocycles. The van der Waals surface area contributed by atoms with Gasteiger partial charge in [0.2, 0.25) is 10.0 Å². The second kappa shape index (κ2) is 6.85. The van der Waals surface area contributed by atoms with E-state index in [1.54, 1.807) is 12.1 Å². The van der Waals surface area contributed by atoms with E-state index in [2.05, 4.69) is 32.0 Å². The molecule has 4 nitrogen and oxygen atoms in total. The lowest BCUT2D eigenvalue weighted by Gasteiger charge is -2.14. The van der Waals surface area contributed by atoms with Crippen LogP contribution in [0.2, 0.25) is 0 Å². The summed E-state index contributed by atoms with van der Waals surface area (Å²) >= 11 is 3.31. The molecule has 0 spiro atoms. The number of sulfonamides is 1. The second-order valence-corrected chi connectivity index (χ2v) is 7.49. The minimum Gasteiger partial charge on any atom is -0.313 e. The molecule has 0 atom stereocenters. The van der Waals surface area contributed by atoms with Crippen LogP contribution in [0.4, 0.5) is 0 Å². The summed E-state index contributed by atoms with van der Waals surface area (Å²) in [4.78, 5) is 0.294. The molecule has 0 saturated heterocycles. The van der Waals surface area contributed by atoms with Gasteiger partial charge in [-0.25, -0.2) is 13.1 Å². The van der Waals surface area contributed by atoms with Crippen LogP contribution in [0.1, 0.15) is 18.4 Å². The van der Waals surface area contributed by atoms with E-state index in [0.29, 0.717) is 15.9 Å². The van der Waals surface area contributed by atoms with Gasteiger partial charge in [0, 0.05) is 17.6 Å². The van der Waals surface area contributed by atoms with E-state index in [0.717, 1.165) is 31.5 Å². The molecule has 0 saturated carbocycles. The Morgan fingerprint density at radius 2 is 2.20 bits per heavy atom. The SMILES string of the molecule is Cc1ccc(S(=O)(=O)NCCC2=CCNCC2)c(Br)c1. The van der Waals surface area contributed by atoms with Gasteiger partial charge >= 0.3 is 0 Å². The lowest BCUT2D eigenvalue weighted by Crippen LogP contribution is -2.27. The summed E-state index contributed by atoms with van der Waals surface area (Å²) < 4.78 is 27.7. The first-order chi connectivity index (χ1) is 9.49. The number of benzene rings is 1. The Balaban J connectivity index is 1.98. The van der Waals surface area contributed by atoms with Gasteiger partial charge in [0.1, 0.15) is 0 Å². The third-order valence-corrected chi connectivity index (χ3v) is 5.71. The predicted molar refractivity (Wildman–Crippen MR) is 84.3 cm³/mol. The van der Waals surface area contributed by atoms with Crippen LogP contribution in [-0.2, 0) is 10.0 Å². The number of aryl methyl sites for hydroxylation is 1. The summed E-state index contributed by atoms with van der Waals surface area (Å²) in [5.41, 5.74) is 2.34. The molecule has 0 unspecified atom stereocenters. The highest BCUT2D eigenvalue weighted by Gasteiger charge is 2.17. The zero-order valence-corrected chi connectivity index (χ0v) is 13.9. The normalized spacial score (nSPS) is 16.0. The first-order valence-corrected chi connectivity index (χ1v) is 8.91. The maximum Gasteiger partial charge on any atom is 0.241 e. The van der Waals surface area contributed by atoms with E-state index in [1.807, 2.05) is 13.0 Å². The minimum absolute atomic E-state index is 0.294. The molecule has 1 aromatic rings. The molecule has 0 fully saturated rings. The molecule has 0 amide bonds. The van der Waals surface area contributed by atoms with Crippen LogP contribution < -0.4 is 10.0 Å². The molecule has 0 radical (unpaired) electrons. The Hall–Kier alpha value is -0.690. The van der Waals surface area contributed by atoms with Gasteiger partial charge in [-0.05, 0) is 59.9 Å². The molecule has 0 aliphatic carbocycles. The van der Waals surface area contributed by atoms with Crippen molar-refractivity contribution in [3.05, 3.63) is 39.9 Å². The lowest BCUT2D eigenvalue weighted by molar-refractivity contribution is 0.579. The highest BCUT2D eigenvalue weighted by molar-refractivity contribution is 9.10. The fourth-order valence-electron chi connectivity index (χ4n) is 2.14. The van der Waals surface area contributed by atoms with Gasteiger partial charge in [0.25, 0.3) is 0 Å². The summed E-state index contributed by atoms with van der Waals surface area (Å²) in [5, 5.41) is 3.24. The molecule has 0 aromatic heterocycles. The molecule has 20 heavy (non-hydrogen) atoms. The van der Waals surface area contributed by atoms with Crippen LogP contribution in [0.15, 0.2) is 39.2 Å². The fourth-order valence-corrected chi connectivity index (χ4v) is 4.37. The average Bonchev–Trinajstić information content (AvgIpc) is 2.39. The van der Waals surface area contributed by atoms with Gasteiger partial charge < -0.3 is 5.32 Å². The maximum atomic E-state index is 12.2. The summed E-state index contributed by atoms with van der Waals surface area (Å²) in [7, 11) is -3.45.